The fourth-order valence-corrected chi connectivity index (χ4v) is 4.98. The highest BCUT2D eigenvalue weighted by Crippen LogP contribution is 2.48. The molecule has 0 aromatic carbocycles. The van der Waals surface area contributed by atoms with Gasteiger partial charge in [0.15, 0.2) is 5.82 Å². The molecule has 1 amide bonds. The van der Waals surface area contributed by atoms with Gasteiger partial charge < -0.3 is 15.0 Å². The van der Waals surface area contributed by atoms with Crippen LogP contribution in [0.1, 0.15) is 44.7 Å². The number of hydrogen-bond acceptors (Lipinski definition) is 9. The number of nitrogens with zero attached hydrogens (tertiary/aromatic N) is 7. The summed E-state index contributed by atoms with van der Waals surface area (Å²) in [5.41, 5.74) is 1.21. The first kappa shape index (κ1) is 19.7. The Balaban J connectivity index is 1.16. The van der Waals surface area contributed by atoms with Crippen LogP contribution in [0.3, 0.4) is 0 Å². The molecule has 2 aliphatic heterocycles. The van der Waals surface area contributed by atoms with Crippen LogP contribution in [0, 0.1) is 5.41 Å². The molecule has 0 unspecified atom stereocenters. The first-order chi connectivity index (χ1) is 15.0. The predicted octanol–water partition coefficient (Wildman–Crippen LogP) is 0.532. The second-order valence-corrected chi connectivity index (χ2v) is 8.53. The molecule has 162 valence electrons. The third-order valence-corrected chi connectivity index (χ3v) is 6.55. The molecular weight excluding hydrogens is 400 g/mol. The number of cyclic esters (lactones) is 1. The Morgan fingerprint density at radius 1 is 1.23 bits per heavy atom. The highest BCUT2D eigenvalue weighted by Gasteiger charge is 2.52. The Hall–Kier alpha value is -3.21. The summed E-state index contributed by atoms with van der Waals surface area (Å²) in [5.74, 6) is 0.348. The van der Waals surface area contributed by atoms with Crippen LogP contribution in [0.25, 0.3) is 5.82 Å². The van der Waals surface area contributed by atoms with Crippen molar-refractivity contribution >= 4 is 11.9 Å². The molecule has 0 bridgehead atoms. The van der Waals surface area contributed by atoms with Crippen LogP contribution in [-0.2, 0) is 20.9 Å². The number of tetrazole rings is 1. The van der Waals surface area contributed by atoms with Crippen LogP contribution >= 0.6 is 0 Å². The van der Waals surface area contributed by atoms with E-state index in [2.05, 4.69) is 37.7 Å². The van der Waals surface area contributed by atoms with Crippen LogP contribution in [0.15, 0.2) is 30.5 Å². The van der Waals surface area contributed by atoms with E-state index in [1.165, 1.54) is 17.1 Å². The summed E-state index contributed by atoms with van der Waals surface area (Å²) in [4.78, 5) is 35.3. The van der Waals surface area contributed by atoms with Crippen LogP contribution in [-0.4, -0.2) is 65.6 Å². The van der Waals surface area contributed by atoms with Crippen LogP contribution in [0.5, 0.6) is 0 Å². The predicted molar refractivity (Wildman–Crippen MR) is 106 cm³/mol. The zero-order chi connectivity index (χ0) is 21.4. The van der Waals surface area contributed by atoms with Crippen LogP contribution in [0.2, 0.25) is 0 Å². The Kier molecular flexibility index (Phi) is 4.97. The van der Waals surface area contributed by atoms with Crippen molar-refractivity contribution in [2.75, 3.05) is 6.61 Å². The van der Waals surface area contributed by atoms with Crippen LogP contribution < -0.4 is 5.32 Å². The molecule has 0 radical (unpaired) electrons. The third kappa shape index (κ3) is 3.69. The number of carbonyl (C=O) groups is 2. The standard InChI is InChI=1S/C20H24N8O3/c1-13-7-20(19(30)28(13)16-6-18(29)31-11-16)4-2-14(3-5-20)21-8-15-9-23-17(10-22-15)27-12-24-25-26-27/h6,9-10,12-14,21H,2-5,7-8,11H2,1H3/t13-,14?,20?/m1/s1. The quantitative estimate of drug-likeness (QED) is 0.684. The number of ether oxygens (including phenoxy) is 1. The number of rotatable bonds is 5. The average Bonchev–Trinajstić information content (AvgIpc) is 3.50. The second kappa shape index (κ2) is 7.80. The van der Waals surface area contributed by atoms with Gasteiger partial charge in [0.05, 0.1) is 29.2 Å². The third-order valence-electron chi connectivity index (χ3n) is 6.55. The molecular formula is C20H24N8O3. The van der Waals surface area contributed by atoms with Gasteiger partial charge in [-0.3, -0.25) is 9.78 Å². The van der Waals surface area contributed by atoms with Gasteiger partial charge in [-0.15, -0.1) is 5.10 Å². The van der Waals surface area contributed by atoms with E-state index in [0.29, 0.717) is 24.1 Å². The summed E-state index contributed by atoms with van der Waals surface area (Å²) in [5, 5.41) is 14.5. The van der Waals surface area contributed by atoms with Gasteiger partial charge in [-0.05, 0) is 49.5 Å². The number of aromatic nitrogens is 6. The maximum absolute atomic E-state index is 13.3. The molecule has 1 aliphatic carbocycles. The summed E-state index contributed by atoms with van der Waals surface area (Å²) in [6.45, 7) is 2.87. The van der Waals surface area contributed by atoms with E-state index >= 15 is 0 Å². The van der Waals surface area contributed by atoms with E-state index < -0.39 is 0 Å². The van der Waals surface area contributed by atoms with Gasteiger partial charge in [0.2, 0.25) is 5.91 Å². The smallest absolute Gasteiger partial charge is 0.333 e. The van der Waals surface area contributed by atoms with Crippen molar-refractivity contribution in [3.8, 4) is 5.82 Å². The van der Waals surface area contributed by atoms with Crippen molar-refractivity contribution < 1.29 is 14.3 Å². The minimum absolute atomic E-state index is 0.0896. The van der Waals surface area contributed by atoms with Crippen molar-refractivity contribution in [3.63, 3.8) is 0 Å². The van der Waals surface area contributed by atoms with Gasteiger partial charge in [0, 0.05) is 24.7 Å². The van der Waals surface area contributed by atoms with Gasteiger partial charge in [0.1, 0.15) is 12.9 Å². The number of nitrogens with one attached hydrogen (secondary N) is 1. The fraction of sp³-hybridized carbons (Fsp3) is 0.550. The number of hydrogen-bond donors (Lipinski definition) is 1. The molecule has 11 heteroatoms. The minimum atomic E-state index is -0.363. The molecule has 1 atom stereocenters. The molecule has 1 spiro atoms. The lowest BCUT2D eigenvalue weighted by atomic mass is 9.70. The van der Waals surface area contributed by atoms with Crippen molar-refractivity contribution in [2.24, 2.45) is 5.41 Å². The summed E-state index contributed by atoms with van der Waals surface area (Å²) < 4.78 is 6.47. The maximum atomic E-state index is 13.3. The molecule has 11 nitrogen and oxygen atoms in total. The SMILES string of the molecule is C[C@@H]1CC2(CCC(NCc3cnc(-n4cnnn4)cn3)CC2)C(=O)N1C1=CC(=O)OC1. The Morgan fingerprint density at radius 3 is 2.71 bits per heavy atom. The van der Waals surface area contributed by atoms with E-state index in [0.717, 1.165) is 37.8 Å². The number of likely N-dealkylation sites (tertiary alicyclic amines) is 1. The normalized spacial score (nSPS) is 28.3. The lowest BCUT2D eigenvalue weighted by molar-refractivity contribution is -0.138. The second-order valence-electron chi connectivity index (χ2n) is 8.53. The van der Waals surface area contributed by atoms with E-state index in [1.807, 2.05) is 0 Å². The minimum Gasteiger partial charge on any atom is -0.456 e. The van der Waals surface area contributed by atoms with Gasteiger partial charge in [-0.25, -0.2) is 9.78 Å². The molecule has 1 saturated carbocycles. The first-order valence-electron chi connectivity index (χ1n) is 10.5. The Labute approximate surface area is 178 Å². The van der Waals surface area contributed by atoms with Gasteiger partial charge in [0.25, 0.3) is 0 Å². The molecule has 2 fully saturated rings. The zero-order valence-corrected chi connectivity index (χ0v) is 17.3. The largest absolute Gasteiger partial charge is 0.456 e. The highest BCUT2D eigenvalue weighted by molar-refractivity contribution is 5.91. The number of amides is 1. The Bertz CT molecular complexity index is 996. The van der Waals surface area contributed by atoms with Gasteiger partial charge >= 0.3 is 5.97 Å². The van der Waals surface area contributed by atoms with Gasteiger partial charge in [-0.1, -0.05) is 0 Å². The molecule has 1 N–H and O–H groups in total. The summed E-state index contributed by atoms with van der Waals surface area (Å²) in [6.07, 6.45) is 10.6. The number of esters is 1. The highest BCUT2D eigenvalue weighted by atomic mass is 16.5. The molecule has 4 heterocycles. The van der Waals surface area contributed by atoms with Gasteiger partial charge in [-0.2, -0.15) is 4.68 Å². The molecule has 2 aromatic heterocycles. The van der Waals surface area contributed by atoms with Crippen molar-refractivity contribution in [1.29, 1.82) is 0 Å². The zero-order valence-electron chi connectivity index (χ0n) is 17.3. The molecule has 3 aliphatic rings. The first-order valence-corrected chi connectivity index (χ1v) is 10.5. The van der Waals surface area contributed by atoms with Crippen LogP contribution in [0.4, 0.5) is 0 Å². The van der Waals surface area contributed by atoms with Crippen molar-refractivity contribution in [1.82, 2.24) is 40.4 Å². The van der Waals surface area contributed by atoms with E-state index in [1.54, 1.807) is 17.3 Å². The Morgan fingerprint density at radius 2 is 2.06 bits per heavy atom. The lowest BCUT2D eigenvalue weighted by Crippen LogP contribution is -2.42. The average molecular weight is 424 g/mol. The summed E-state index contributed by atoms with van der Waals surface area (Å²) >= 11 is 0. The maximum Gasteiger partial charge on any atom is 0.333 e. The number of carbonyl (C=O) groups excluding carboxylic acids is 2. The van der Waals surface area contributed by atoms with Crippen molar-refractivity contribution in [3.05, 3.63) is 36.2 Å². The molecule has 31 heavy (non-hydrogen) atoms. The summed E-state index contributed by atoms with van der Waals surface area (Å²) in [6, 6.07) is 0.422. The van der Waals surface area contributed by atoms with E-state index in [4.69, 9.17) is 4.74 Å². The monoisotopic (exact) mass is 424 g/mol. The van der Waals surface area contributed by atoms with E-state index in [-0.39, 0.29) is 29.9 Å². The van der Waals surface area contributed by atoms with E-state index in [9.17, 15) is 9.59 Å². The lowest BCUT2D eigenvalue weighted by Gasteiger charge is -2.36. The molecule has 5 rings (SSSR count). The fourth-order valence-electron chi connectivity index (χ4n) is 4.98. The molecule has 1 saturated heterocycles. The molecule has 2 aromatic rings. The topological polar surface area (TPSA) is 128 Å². The summed E-state index contributed by atoms with van der Waals surface area (Å²) in [7, 11) is 0. The van der Waals surface area contributed by atoms with Crippen molar-refractivity contribution in [2.45, 2.75) is 57.7 Å².